The summed E-state index contributed by atoms with van der Waals surface area (Å²) in [5, 5.41) is 2.44. The van der Waals surface area contributed by atoms with E-state index in [9.17, 15) is 0 Å². The molecular formula is C40H41NO. The van der Waals surface area contributed by atoms with E-state index in [0.717, 1.165) is 30.4 Å². The SMILES string of the molecule is CC1CC(N(c2cccc3oc4ccccc4c23)C2C=CC(c3ccccc3)CC2)=CC2=C1C1C=CCCC1C2(C)C. The highest BCUT2D eigenvalue weighted by molar-refractivity contribution is 6.12. The highest BCUT2D eigenvalue weighted by atomic mass is 16.3. The predicted octanol–water partition coefficient (Wildman–Crippen LogP) is 10.7. The molecule has 3 aromatic carbocycles. The van der Waals surface area contributed by atoms with Crippen LogP contribution in [0.15, 0.2) is 124 Å². The molecule has 4 aliphatic rings. The van der Waals surface area contributed by atoms with Gasteiger partial charge >= 0.3 is 0 Å². The van der Waals surface area contributed by atoms with E-state index >= 15 is 0 Å². The van der Waals surface area contributed by atoms with Crippen molar-refractivity contribution < 1.29 is 4.42 Å². The molecule has 4 aliphatic carbocycles. The van der Waals surface area contributed by atoms with E-state index in [0.29, 0.717) is 29.7 Å². The van der Waals surface area contributed by atoms with Crippen LogP contribution in [0, 0.1) is 23.2 Å². The zero-order valence-electron chi connectivity index (χ0n) is 25.1. The third-order valence-electron chi connectivity index (χ3n) is 10.9. The van der Waals surface area contributed by atoms with Gasteiger partial charge in [0.1, 0.15) is 11.2 Å². The number of nitrogens with zero attached hydrogens (tertiary/aromatic N) is 1. The second-order valence-corrected chi connectivity index (χ2v) is 13.6. The van der Waals surface area contributed by atoms with Crippen molar-refractivity contribution in [2.24, 2.45) is 23.2 Å². The first kappa shape index (κ1) is 25.9. The molecule has 2 nitrogen and oxygen atoms in total. The summed E-state index contributed by atoms with van der Waals surface area (Å²) in [6.07, 6.45) is 18.4. The zero-order valence-corrected chi connectivity index (χ0v) is 25.1. The van der Waals surface area contributed by atoms with Crippen molar-refractivity contribution in [1.29, 1.82) is 0 Å². The zero-order chi connectivity index (χ0) is 28.4. The van der Waals surface area contributed by atoms with Crippen molar-refractivity contribution in [2.45, 2.75) is 64.8 Å². The van der Waals surface area contributed by atoms with Gasteiger partial charge in [-0.15, -0.1) is 0 Å². The predicted molar refractivity (Wildman–Crippen MR) is 176 cm³/mol. The Morgan fingerprint density at radius 2 is 1.62 bits per heavy atom. The molecule has 0 bridgehead atoms. The Kier molecular flexibility index (Phi) is 6.10. The van der Waals surface area contributed by atoms with Gasteiger partial charge in [-0.05, 0) is 84.8 Å². The van der Waals surface area contributed by atoms with Gasteiger partial charge in [-0.3, -0.25) is 0 Å². The quantitative estimate of drug-likeness (QED) is 0.235. The van der Waals surface area contributed by atoms with E-state index in [1.165, 1.54) is 40.6 Å². The van der Waals surface area contributed by atoms with Crippen molar-refractivity contribution in [3.63, 3.8) is 0 Å². The molecule has 5 unspecified atom stereocenters. The summed E-state index contributed by atoms with van der Waals surface area (Å²) in [5.41, 5.74) is 9.60. The largest absolute Gasteiger partial charge is 0.456 e. The fraction of sp³-hybridized carbons (Fsp3) is 0.350. The van der Waals surface area contributed by atoms with Crippen LogP contribution in [0.1, 0.15) is 64.4 Å². The van der Waals surface area contributed by atoms with Crippen LogP contribution in [0.3, 0.4) is 0 Å². The maximum Gasteiger partial charge on any atom is 0.137 e. The van der Waals surface area contributed by atoms with Crippen LogP contribution >= 0.6 is 0 Å². The number of allylic oxidation sites excluding steroid dienone is 7. The normalized spacial score (nSPS) is 28.2. The van der Waals surface area contributed by atoms with Crippen LogP contribution < -0.4 is 4.90 Å². The molecule has 0 aliphatic heterocycles. The monoisotopic (exact) mass is 551 g/mol. The number of benzene rings is 3. The van der Waals surface area contributed by atoms with E-state index in [1.54, 1.807) is 11.1 Å². The maximum atomic E-state index is 6.40. The number of para-hydroxylation sites is 1. The Morgan fingerprint density at radius 1 is 0.810 bits per heavy atom. The second-order valence-electron chi connectivity index (χ2n) is 13.6. The molecule has 0 amide bonds. The van der Waals surface area contributed by atoms with Crippen molar-refractivity contribution in [1.82, 2.24) is 0 Å². The summed E-state index contributed by atoms with van der Waals surface area (Å²) in [5.74, 6) is 2.32. The van der Waals surface area contributed by atoms with Gasteiger partial charge in [0, 0.05) is 22.9 Å². The number of fused-ring (bicyclic) bond motifs is 5. The second kappa shape index (κ2) is 9.90. The van der Waals surface area contributed by atoms with E-state index in [2.05, 4.69) is 129 Å². The minimum absolute atomic E-state index is 0.186. The molecular weight excluding hydrogens is 510 g/mol. The number of anilines is 1. The molecule has 212 valence electrons. The summed E-state index contributed by atoms with van der Waals surface area (Å²) in [6, 6.07) is 26.5. The van der Waals surface area contributed by atoms with Crippen molar-refractivity contribution >= 4 is 27.6 Å². The number of hydrogen-bond acceptors (Lipinski definition) is 2. The van der Waals surface area contributed by atoms with Crippen LogP contribution in [0.25, 0.3) is 21.9 Å². The molecule has 4 aromatic rings. The number of furan rings is 1. The molecule has 8 rings (SSSR count). The smallest absolute Gasteiger partial charge is 0.137 e. The van der Waals surface area contributed by atoms with Gasteiger partial charge in [0.2, 0.25) is 0 Å². The lowest BCUT2D eigenvalue weighted by Crippen LogP contribution is -2.37. The Morgan fingerprint density at radius 3 is 2.45 bits per heavy atom. The van der Waals surface area contributed by atoms with Gasteiger partial charge in [-0.2, -0.15) is 0 Å². The maximum absolute atomic E-state index is 6.40. The Hall–Kier alpha value is -3.78. The molecule has 5 atom stereocenters. The fourth-order valence-corrected chi connectivity index (χ4v) is 8.90. The Labute approximate surface area is 250 Å². The summed E-state index contributed by atoms with van der Waals surface area (Å²) >= 11 is 0. The topological polar surface area (TPSA) is 16.4 Å². The first-order valence-corrected chi connectivity index (χ1v) is 16.0. The lowest BCUT2D eigenvalue weighted by atomic mass is 9.70. The molecule has 2 heteroatoms. The number of rotatable bonds is 4. The highest BCUT2D eigenvalue weighted by Crippen LogP contribution is 2.59. The summed E-state index contributed by atoms with van der Waals surface area (Å²) in [7, 11) is 0. The van der Waals surface area contributed by atoms with E-state index in [1.807, 2.05) is 0 Å². The lowest BCUT2D eigenvalue weighted by molar-refractivity contribution is 0.237. The van der Waals surface area contributed by atoms with Crippen molar-refractivity contribution in [3.05, 3.63) is 126 Å². The van der Waals surface area contributed by atoms with Gasteiger partial charge < -0.3 is 9.32 Å². The van der Waals surface area contributed by atoms with Crippen molar-refractivity contribution in [3.8, 4) is 0 Å². The highest BCUT2D eigenvalue weighted by Gasteiger charge is 2.49. The lowest BCUT2D eigenvalue weighted by Gasteiger charge is -2.40. The molecule has 42 heavy (non-hydrogen) atoms. The number of hydrogen-bond donors (Lipinski definition) is 0. The van der Waals surface area contributed by atoms with Crippen LogP contribution in [0.4, 0.5) is 5.69 Å². The minimum atomic E-state index is 0.186. The molecule has 0 saturated carbocycles. The standard InChI is InChI=1S/C40H41NO/c1-26-24-30(25-34-38(26)31-14-7-9-16-33(31)40(34,2)3)41(29-22-20-28(21-23-29)27-12-5-4-6-13-27)35-17-11-19-37-39(35)32-15-8-10-18-36(32)42-37/h4-8,10-15,17-20,22,25-26,28-29,31,33H,9,16,21,23-24H2,1-3H3. The average Bonchev–Trinajstić information content (AvgIpc) is 3.51. The molecule has 0 radical (unpaired) electrons. The molecule has 0 N–H and O–H groups in total. The first-order valence-electron chi connectivity index (χ1n) is 16.0. The first-order chi connectivity index (χ1) is 20.5. The minimum Gasteiger partial charge on any atom is -0.456 e. The molecule has 0 saturated heterocycles. The summed E-state index contributed by atoms with van der Waals surface area (Å²) in [6.45, 7) is 7.51. The van der Waals surface area contributed by atoms with E-state index in [-0.39, 0.29) is 5.41 Å². The van der Waals surface area contributed by atoms with Crippen LogP contribution in [-0.2, 0) is 0 Å². The Balaban J connectivity index is 1.29. The molecule has 0 fully saturated rings. The van der Waals surface area contributed by atoms with Gasteiger partial charge in [0.15, 0.2) is 0 Å². The fourth-order valence-electron chi connectivity index (χ4n) is 8.90. The molecule has 1 aromatic heterocycles. The summed E-state index contributed by atoms with van der Waals surface area (Å²) < 4.78 is 6.40. The Bertz CT molecular complexity index is 1780. The third-order valence-corrected chi connectivity index (χ3v) is 10.9. The molecule has 1 heterocycles. The van der Waals surface area contributed by atoms with Gasteiger partial charge in [0.05, 0.1) is 17.1 Å². The van der Waals surface area contributed by atoms with Gasteiger partial charge in [-0.25, -0.2) is 0 Å². The van der Waals surface area contributed by atoms with E-state index < -0.39 is 0 Å². The third kappa shape index (κ3) is 3.98. The molecule has 0 spiro atoms. The van der Waals surface area contributed by atoms with Crippen LogP contribution in [0.2, 0.25) is 0 Å². The van der Waals surface area contributed by atoms with Crippen LogP contribution in [0.5, 0.6) is 0 Å². The van der Waals surface area contributed by atoms with E-state index in [4.69, 9.17) is 4.42 Å². The van der Waals surface area contributed by atoms with Gasteiger partial charge in [-0.1, -0.05) is 105 Å². The van der Waals surface area contributed by atoms with Crippen molar-refractivity contribution in [2.75, 3.05) is 4.90 Å². The van der Waals surface area contributed by atoms with Gasteiger partial charge in [0.25, 0.3) is 0 Å². The van der Waals surface area contributed by atoms with Crippen LogP contribution in [-0.4, -0.2) is 6.04 Å². The average molecular weight is 552 g/mol. The summed E-state index contributed by atoms with van der Waals surface area (Å²) in [4.78, 5) is 2.70.